The summed E-state index contributed by atoms with van der Waals surface area (Å²) in [6, 6.07) is 25.3. The number of isocyanates is 1. The van der Waals surface area contributed by atoms with Crippen LogP contribution in [0, 0.1) is 0 Å². The molecule has 0 saturated carbocycles. The molecule has 1 aliphatic carbocycles. The van der Waals surface area contributed by atoms with Crippen LogP contribution in [0.15, 0.2) is 83.9 Å². The van der Waals surface area contributed by atoms with Crippen molar-refractivity contribution in [1.82, 2.24) is 5.32 Å². The van der Waals surface area contributed by atoms with Crippen molar-refractivity contribution < 1.29 is 14.3 Å². The van der Waals surface area contributed by atoms with E-state index in [1.807, 2.05) is 42.5 Å². The zero-order valence-corrected chi connectivity index (χ0v) is 15.0. The Kier molecular flexibility index (Phi) is 5.00. The molecular weight excluding hydrogens is 352 g/mol. The third-order valence-electron chi connectivity index (χ3n) is 4.90. The van der Waals surface area contributed by atoms with Gasteiger partial charge in [0.2, 0.25) is 6.08 Å². The number of nitrogens with zero attached hydrogens (tertiary/aromatic N) is 1. The Bertz CT molecular complexity index is 997. The van der Waals surface area contributed by atoms with Crippen LogP contribution >= 0.6 is 0 Å². The van der Waals surface area contributed by atoms with Crippen LogP contribution in [0.25, 0.3) is 11.1 Å². The minimum Gasteiger partial charge on any atom is -0.449 e. The van der Waals surface area contributed by atoms with Gasteiger partial charge in [0.05, 0.1) is 0 Å². The fraction of sp³-hybridized carbons (Fsp3) is 0.130. The molecule has 1 aliphatic rings. The third kappa shape index (κ3) is 3.43. The van der Waals surface area contributed by atoms with Gasteiger partial charge in [-0.25, -0.2) is 9.59 Å². The summed E-state index contributed by atoms with van der Waals surface area (Å²) >= 11 is 0. The SMILES string of the molecule is O=C=N[C@H](NC(=O)OCC1c2ccccc2-c2ccccc21)c1ccccc1. The van der Waals surface area contributed by atoms with Crippen molar-refractivity contribution >= 4 is 12.2 Å². The number of ether oxygens (including phenoxy) is 1. The van der Waals surface area contributed by atoms with Crippen molar-refractivity contribution in [3.8, 4) is 11.1 Å². The van der Waals surface area contributed by atoms with Gasteiger partial charge >= 0.3 is 6.09 Å². The summed E-state index contributed by atoms with van der Waals surface area (Å²) in [5.41, 5.74) is 5.29. The first-order valence-electron chi connectivity index (χ1n) is 9.01. The summed E-state index contributed by atoms with van der Waals surface area (Å²) in [7, 11) is 0. The zero-order chi connectivity index (χ0) is 19.3. The number of aliphatic imine (C=N–C) groups is 1. The summed E-state index contributed by atoms with van der Waals surface area (Å²) in [6.07, 6.45) is 0.0450. The molecule has 0 bridgehead atoms. The molecule has 0 saturated heterocycles. The molecule has 1 atom stereocenters. The number of benzene rings is 3. The van der Waals surface area contributed by atoms with E-state index in [0.717, 1.165) is 11.1 Å². The van der Waals surface area contributed by atoms with Crippen molar-refractivity contribution in [2.45, 2.75) is 12.1 Å². The second-order valence-corrected chi connectivity index (χ2v) is 6.50. The van der Waals surface area contributed by atoms with Gasteiger partial charge in [0.1, 0.15) is 6.61 Å². The lowest BCUT2D eigenvalue weighted by Crippen LogP contribution is -2.29. The first kappa shape index (κ1) is 17.7. The first-order chi connectivity index (χ1) is 13.8. The van der Waals surface area contributed by atoms with E-state index >= 15 is 0 Å². The number of nitrogens with one attached hydrogen (secondary N) is 1. The van der Waals surface area contributed by atoms with E-state index in [2.05, 4.69) is 34.6 Å². The molecule has 1 amide bonds. The van der Waals surface area contributed by atoms with Crippen LogP contribution < -0.4 is 5.32 Å². The maximum Gasteiger partial charge on any atom is 0.409 e. The van der Waals surface area contributed by atoms with Crippen LogP contribution in [0.4, 0.5) is 4.79 Å². The Morgan fingerprint density at radius 1 is 0.929 bits per heavy atom. The number of carbonyl (C=O) groups is 1. The Balaban J connectivity index is 1.48. The van der Waals surface area contributed by atoms with Crippen molar-refractivity contribution in [3.63, 3.8) is 0 Å². The normalized spacial score (nSPS) is 13.0. The predicted molar refractivity (Wildman–Crippen MR) is 106 cm³/mol. The van der Waals surface area contributed by atoms with Gasteiger partial charge in [-0.2, -0.15) is 4.99 Å². The highest BCUT2D eigenvalue weighted by Gasteiger charge is 2.29. The molecule has 0 radical (unpaired) electrons. The molecular formula is C23H18N2O3. The number of rotatable bonds is 5. The predicted octanol–water partition coefficient (Wildman–Crippen LogP) is 4.56. The Labute approximate surface area is 162 Å². The number of alkyl carbamates (subject to hydrolysis) is 1. The number of amides is 1. The molecule has 0 fully saturated rings. The van der Waals surface area contributed by atoms with E-state index in [1.165, 1.54) is 17.2 Å². The third-order valence-corrected chi connectivity index (χ3v) is 4.90. The van der Waals surface area contributed by atoms with E-state index < -0.39 is 12.3 Å². The van der Waals surface area contributed by atoms with Crippen LogP contribution in [0.5, 0.6) is 0 Å². The molecule has 0 heterocycles. The Morgan fingerprint density at radius 2 is 1.50 bits per heavy atom. The van der Waals surface area contributed by atoms with Gasteiger partial charge in [-0.3, -0.25) is 5.32 Å². The minimum absolute atomic E-state index is 0.0251. The summed E-state index contributed by atoms with van der Waals surface area (Å²) in [4.78, 5) is 26.8. The minimum atomic E-state index is -0.825. The second kappa shape index (κ2) is 7.91. The molecule has 3 aromatic carbocycles. The Hall–Kier alpha value is -3.69. The lowest BCUT2D eigenvalue weighted by Gasteiger charge is -2.17. The summed E-state index contributed by atoms with van der Waals surface area (Å²) < 4.78 is 5.50. The van der Waals surface area contributed by atoms with Crippen molar-refractivity contribution in [2.24, 2.45) is 4.99 Å². The molecule has 5 heteroatoms. The quantitative estimate of drug-likeness (QED) is 0.529. The number of hydrogen-bond acceptors (Lipinski definition) is 4. The topological polar surface area (TPSA) is 67.8 Å². The van der Waals surface area contributed by atoms with Crippen LogP contribution in [0.2, 0.25) is 0 Å². The molecule has 4 rings (SSSR count). The van der Waals surface area contributed by atoms with Gasteiger partial charge in [-0.1, -0.05) is 78.9 Å². The van der Waals surface area contributed by atoms with Gasteiger partial charge in [0, 0.05) is 5.92 Å². The highest BCUT2D eigenvalue weighted by atomic mass is 16.5. The van der Waals surface area contributed by atoms with Crippen molar-refractivity contribution in [2.75, 3.05) is 6.61 Å². The molecule has 0 aliphatic heterocycles. The van der Waals surface area contributed by atoms with Gasteiger partial charge in [-0.05, 0) is 27.8 Å². The lowest BCUT2D eigenvalue weighted by atomic mass is 9.98. The monoisotopic (exact) mass is 370 g/mol. The fourth-order valence-corrected chi connectivity index (χ4v) is 3.63. The standard InChI is InChI=1S/C23H18N2O3/c26-15-24-22(16-8-2-1-3-9-16)25-23(27)28-14-21-19-12-6-4-10-17(19)18-11-5-7-13-20(18)21/h1-13,21-22H,14H2,(H,25,27)/t22-/m1/s1. The van der Waals surface area contributed by atoms with E-state index in [0.29, 0.717) is 5.56 Å². The smallest absolute Gasteiger partial charge is 0.409 e. The molecule has 0 aromatic heterocycles. The van der Waals surface area contributed by atoms with Crippen LogP contribution in [-0.2, 0) is 9.53 Å². The molecule has 28 heavy (non-hydrogen) atoms. The van der Waals surface area contributed by atoms with E-state index in [9.17, 15) is 9.59 Å². The Morgan fingerprint density at radius 3 is 2.11 bits per heavy atom. The maximum absolute atomic E-state index is 12.4. The zero-order valence-electron chi connectivity index (χ0n) is 15.0. The summed E-state index contributed by atoms with van der Waals surface area (Å²) in [5.74, 6) is -0.0251. The first-order valence-corrected chi connectivity index (χ1v) is 9.01. The number of hydrogen-bond donors (Lipinski definition) is 1. The molecule has 1 N–H and O–H groups in total. The molecule has 3 aromatic rings. The van der Waals surface area contributed by atoms with Gasteiger partial charge in [0.15, 0.2) is 6.17 Å². The molecule has 138 valence electrons. The van der Waals surface area contributed by atoms with E-state index in [1.54, 1.807) is 12.1 Å². The highest BCUT2D eigenvalue weighted by Crippen LogP contribution is 2.44. The largest absolute Gasteiger partial charge is 0.449 e. The van der Waals surface area contributed by atoms with Crippen LogP contribution in [-0.4, -0.2) is 18.8 Å². The fourth-order valence-electron chi connectivity index (χ4n) is 3.63. The van der Waals surface area contributed by atoms with Crippen molar-refractivity contribution in [1.29, 1.82) is 0 Å². The second-order valence-electron chi connectivity index (χ2n) is 6.50. The summed E-state index contributed by atoms with van der Waals surface area (Å²) in [6.45, 7) is 0.201. The summed E-state index contributed by atoms with van der Waals surface area (Å²) in [5, 5.41) is 2.62. The van der Waals surface area contributed by atoms with E-state index in [-0.39, 0.29) is 12.5 Å². The average molecular weight is 370 g/mol. The van der Waals surface area contributed by atoms with Gasteiger partial charge < -0.3 is 4.74 Å². The van der Waals surface area contributed by atoms with Crippen LogP contribution in [0.3, 0.4) is 0 Å². The number of fused-ring (bicyclic) bond motifs is 3. The molecule has 0 spiro atoms. The van der Waals surface area contributed by atoms with E-state index in [4.69, 9.17) is 4.74 Å². The van der Waals surface area contributed by atoms with Crippen molar-refractivity contribution in [3.05, 3.63) is 95.6 Å². The highest BCUT2D eigenvalue weighted by molar-refractivity contribution is 5.79. The average Bonchev–Trinajstić information content (AvgIpc) is 3.06. The molecule has 5 nitrogen and oxygen atoms in total. The van der Waals surface area contributed by atoms with Crippen LogP contribution in [0.1, 0.15) is 28.8 Å². The molecule has 0 unspecified atom stereocenters. The maximum atomic E-state index is 12.4. The lowest BCUT2D eigenvalue weighted by molar-refractivity contribution is 0.139. The number of carbonyl (C=O) groups excluding carboxylic acids is 2. The van der Waals surface area contributed by atoms with Gasteiger partial charge in [-0.15, -0.1) is 0 Å². The van der Waals surface area contributed by atoms with Gasteiger partial charge in [0.25, 0.3) is 0 Å².